The highest BCUT2D eigenvalue weighted by Crippen LogP contribution is 2.21. The number of rotatable bonds is 6. The number of pyridine rings is 1. The molecule has 7 nitrogen and oxygen atoms in total. The van der Waals surface area contributed by atoms with Gasteiger partial charge in [-0.05, 0) is 60.9 Å². The Labute approximate surface area is 194 Å². The highest BCUT2D eigenvalue weighted by atomic mass is 16.5. The standard InChI is InChI=1S/C26H31N3O4/c1-17(2)23(26(32)33-3)28-24(30)21-14-20-8-6-4-5-7-9-22(20)29(25(21)31)16-19-12-10-18(15-27)11-13-19/h10-14,17,23H,4-9,16H2,1-3H3,(H,28,30)/t23-/m0/s1. The van der Waals surface area contributed by atoms with Gasteiger partial charge in [-0.3, -0.25) is 9.59 Å². The molecule has 2 aromatic rings. The molecule has 0 aliphatic heterocycles. The second kappa shape index (κ2) is 11.0. The molecule has 3 rings (SSSR count). The third-order valence-electron chi connectivity index (χ3n) is 6.18. The summed E-state index contributed by atoms with van der Waals surface area (Å²) in [6.45, 7) is 3.94. The topological polar surface area (TPSA) is 101 Å². The Kier molecular flexibility index (Phi) is 8.05. The summed E-state index contributed by atoms with van der Waals surface area (Å²) in [6, 6.07) is 10.1. The van der Waals surface area contributed by atoms with Gasteiger partial charge in [0.15, 0.2) is 0 Å². The average molecular weight is 450 g/mol. The maximum absolute atomic E-state index is 13.5. The van der Waals surface area contributed by atoms with Gasteiger partial charge in [0, 0.05) is 5.69 Å². The van der Waals surface area contributed by atoms with Gasteiger partial charge < -0.3 is 14.6 Å². The lowest BCUT2D eigenvalue weighted by Crippen LogP contribution is -2.47. The molecular weight excluding hydrogens is 418 g/mol. The van der Waals surface area contributed by atoms with E-state index in [-0.39, 0.29) is 17.0 Å². The third-order valence-corrected chi connectivity index (χ3v) is 6.18. The smallest absolute Gasteiger partial charge is 0.328 e. The van der Waals surface area contributed by atoms with Crippen LogP contribution in [0.1, 0.15) is 72.3 Å². The van der Waals surface area contributed by atoms with Crippen LogP contribution in [-0.4, -0.2) is 29.6 Å². The largest absolute Gasteiger partial charge is 0.467 e. The van der Waals surface area contributed by atoms with Crippen molar-refractivity contribution in [3.05, 3.63) is 68.6 Å². The van der Waals surface area contributed by atoms with Crippen molar-refractivity contribution in [2.45, 2.75) is 65.0 Å². The molecular formula is C26H31N3O4. The number of hydrogen-bond acceptors (Lipinski definition) is 5. The summed E-state index contributed by atoms with van der Waals surface area (Å²) in [4.78, 5) is 38.8. The van der Waals surface area contributed by atoms with Gasteiger partial charge in [-0.25, -0.2) is 4.79 Å². The Bertz CT molecular complexity index is 1110. The molecule has 0 fully saturated rings. The Hall–Kier alpha value is -3.40. The normalized spacial score (nSPS) is 14.4. The lowest BCUT2D eigenvalue weighted by Gasteiger charge is -2.23. The second-order valence-electron chi connectivity index (χ2n) is 8.86. The van der Waals surface area contributed by atoms with Crippen molar-refractivity contribution in [1.82, 2.24) is 9.88 Å². The van der Waals surface area contributed by atoms with Crippen molar-refractivity contribution >= 4 is 11.9 Å². The monoisotopic (exact) mass is 449 g/mol. The predicted octanol–water partition coefficient (Wildman–Crippen LogP) is 3.35. The number of carbonyl (C=O) groups excluding carboxylic acids is 2. The molecule has 1 aromatic heterocycles. The van der Waals surface area contributed by atoms with E-state index >= 15 is 0 Å². The summed E-state index contributed by atoms with van der Waals surface area (Å²) in [7, 11) is 1.28. The predicted molar refractivity (Wildman–Crippen MR) is 125 cm³/mol. The number of nitriles is 1. The number of methoxy groups -OCH3 is 1. The molecule has 1 amide bonds. The van der Waals surface area contributed by atoms with E-state index in [1.165, 1.54) is 7.11 Å². The zero-order chi connectivity index (χ0) is 24.0. The van der Waals surface area contributed by atoms with Gasteiger partial charge in [0.25, 0.3) is 11.5 Å². The molecule has 1 aromatic carbocycles. The number of esters is 1. The van der Waals surface area contributed by atoms with E-state index in [1.54, 1.807) is 22.8 Å². The molecule has 1 aliphatic rings. The van der Waals surface area contributed by atoms with Crippen molar-refractivity contribution in [3.63, 3.8) is 0 Å². The molecule has 0 unspecified atom stereocenters. The van der Waals surface area contributed by atoms with Crippen molar-refractivity contribution in [2.24, 2.45) is 5.92 Å². The van der Waals surface area contributed by atoms with Gasteiger partial charge in [0.05, 0.1) is 25.3 Å². The van der Waals surface area contributed by atoms with Crippen molar-refractivity contribution < 1.29 is 14.3 Å². The SMILES string of the molecule is COC(=O)[C@@H](NC(=O)c1cc2c(n(Cc3ccc(C#N)cc3)c1=O)CCCCCC2)C(C)C. The number of hydrogen-bond donors (Lipinski definition) is 1. The second-order valence-corrected chi connectivity index (χ2v) is 8.86. The van der Waals surface area contributed by atoms with E-state index in [0.717, 1.165) is 55.3 Å². The van der Waals surface area contributed by atoms with Gasteiger partial charge in [-0.2, -0.15) is 5.26 Å². The molecule has 33 heavy (non-hydrogen) atoms. The molecule has 1 aliphatic carbocycles. The summed E-state index contributed by atoms with van der Waals surface area (Å²) >= 11 is 0. The highest BCUT2D eigenvalue weighted by Gasteiger charge is 2.28. The zero-order valence-corrected chi connectivity index (χ0v) is 19.5. The number of benzene rings is 1. The number of ether oxygens (including phenoxy) is 1. The van der Waals surface area contributed by atoms with Gasteiger partial charge in [-0.15, -0.1) is 0 Å². The number of carbonyl (C=O) groups is 2. The summed E-state index contributed by atoms with van der Waals surface area (Å²) in [6.07, 6.45) is 5.80. The van der Waals surface area contributed by atoms with Crippen molar-refractivity contribution in [3.8, 4) is 6.07 Å². The quantitative estimate of drug-likeness (QED) is 0.682. The fraction of sp³-hybridized carbons (Fsp3) is 0.462. The van der Waals surface area contributed by atoms with Crippen LogP contribution >= 0.6 is 0 Å². The van der Waals surface area contributed by atoms with Crippen molar-refractivity contribution in [1.29, 1.82) is 5.26 Å². The minimum Gasteiger partial charge on any atom is -0.467 e. The van der Waals surface area contributed by atoms with Crippen LogP contribution in [0.3, 0.4) is 0 Å². The summed E-state index contributed by atoms with van der Waals surface area (Å²) in [5.74, 6) is -1.29. The summed E-state index contributed by atoms with van der Waals surface area (Å²) in [5.41, 5.74) is 3.08. The van der Waals surface area contributed by atoms with Crippen LogP contribution in [0.4, 0.5) is 0 Å². The molecule has 0 saturated heterocycles. The van der Waals surface area contributed by atoms with E-state index in [1.807, 2.05) is 26.0 Å². The molecule has 0 saturated carbocycles. The van der Waals surface area contributed by atoms with Crippen LogP contribution in [0.25, 0.3) is 0 Å². The maximum atomic E-state index is 13.5. The molecule has 1 heterocycles. The minimum atomic E-state index is -0.837. The molecule has 0 spiro atoms. The van der Waals surface area contributed by atoms with E-state index in [4.69, 9.17) is 10.00 Å². The summed E-state index contributed by atoms with van der Waals surface area (Å²) in [5, 5.41) is 11.8. The first-order valence-corrected chi connectivity index (χ1v) is 11.5. The van der Waals surface area contributed by atoms with E-state index in [0.29, 0.717) is 12.1 Å². The third kappa shape index (κ3) is 5.70. The van der Waals surface area contributed by atoms with Crippen molar-refractivity contribution in [2.75, 3.05) is 7.11 Å². The first kappa shape index (κ1) is 24.2. The number of amides is 1. The number of aryl methyl sites for hydroxylation is 1. The van der Waals surface area contributed by atoms with Crippen LogP contribution < -0.4 is 10.9 Å². The molecule has 0 radical (unpaired) electrons. The van der Waals surface area contributed by atoms with Gasteiger partial charge in [-0.1, -0.05) is 38.8 Å². The summed E-state index contributed by atoms with van der Waals surface area (Å²) < 4.78 is 6.52. The lowest BCUT2D eigenvalue weighted by molar-refractivity contribution is -0.144. The number of nitrogens with zero attached hydrogens (tertiary/aromatic N) is 2. The fourth-order valence-electron chi connectivity index (χ4n) is 4.27. The van der Waals surface area contributed by atoms with Crippen LogP contribution in [0.15, 0.2) is 35.1 Å². The molecule has 0 bridgehead atoms. The molecule has 1 N–H and O–H groups in total. The Morgan fingerprint density at radius 1 is 1.12 bits per heavy atom. The Balaban J connectivity index is 2.05. The number of aromatic nitrogens is 1. The molecule has 7 heteroatoms. The van der Waals surface area contributed by atoms with Crippen LogP contribution in [0.5, 0.6) is 0 Å². The van der Waals surface area contributed by atoms with E-state index in [9.17, 15) is 14.4 Å². The fourth-order valence-corrected chi connectivity index (χ4v) is 4.27. The maximum Gasteiger partial charge on any atom is 0.328 e. The highest BCUT2D eigenvalue weighted by molar-refractivity contribution is 5.96. The minimum absolute atomic E-state index is 0.0394. The van der Waals surface area contributed by atoms with Crippen LogP contribution in [0.2, 0.25) is 0 Å². The van der Waals surface area contributed by atoms with E-state index < -0.39 is 17.9 Å². The zero-order valence-electron chi connectivity index (χ0n) is 19.5. The van der Waals surface area contributed by atoms with Crippen LogP contribution in [-0.2, 0) is 28.9 Å². The Morgan fingerprint density at radius 2 is 1.79 bits per heavy atom. The Morgan fingerprint density at radius 3 is 2.39 bits per heavy atom. The van der Waals surface area contributed by atoms with E-state index in [2.05, 4.69) is 11.4 Å². The number of nitrogens with one attached hydrogen (secondary N) is 1. The first-order chi connectivity index (χ1) is 15.8. The molecule has 174 valence electrons. The van der Waals surface area contributed by atoms with Gasteiger partial charge in [0.2, 0.25) is 0 Å². The average Bonchev–Trinajstić information content (AvgIpc) is 2.79. The lowest BCUT2D eigenvalue weighted by atomic mass is 9.95. The number of fused-ring (bicyclic) bond motifs is 1. The van der Waals surface area contributed by atoms with Crippen LogP contribution in [0, 0.1) is 17.2 Å². The molecule has 1 atom stereocenters. The van der Waals surface area contributed by atoms with Gasteiger partial charge >= 0.3 is 5.97 Å². The first-order valence-electron chi connectivity index (χ1n) is 11.5. The van der Waals surface area contributed by atoms with Gasteiger partial charge in [0.1, 0.15) is 11.6 Å².